The fourth-order valence-electron chi connectivity index (χ4n) is 1.67. The van der Waals surface area contributed by atoms with Crippen LogP contribution in [0.5, 0.6) is 0 Å². The smallest absolute Gasteiger partial charge is 0.322 e. The second-order valence-electron chi connectivity index (χ2n) is 5.21. The van der Waals surface area contributed by atoms with Gasteiger partial charge in [0.15, 0.2) is 0 Å². The van der Waals surface area contributed by atoms with Crippen LogP contribution in [0.1, 0.15) is 12.8 Å². The van der Waals surface area contributed by atoms with Crippen molar-refractivity contribution in [3.05, 3.63) is 0 Å². The summed E-state index contributed by atoms with van der Waals surface area (Å²) < 4.78 is 0. The van der Waals surface area contributed by atoms with Gasteiger partial charge in [-0.05, 0) is 6.42 Å². The average Bonchev–Trinajstić information content (AvgIpc) is 2.59. The summed E-state index contributed by atoms with van der Waals surface area (Å²) in [7, 11) is 0. The van der Waals surface area contributed by atoms with Gasteiger partial charge in [0.2, 0.25) is 23.6 Å². The van der Waals surface area contributed by atoms with E-state index in [-0.39, 0.29) is 18.6 Å². The van der Waals surface area contributed by atoms with E-state index in [1.807, 2.05) is 0 Å². The van der Waals surface area contributed by atoms with Crippen LogP contribution in [0.25, 0.3) is 0 Å². The molecule has 0 saturated heterocycles. The molecule has 0 bridgehead atoms. The SMILES string of the molecule is NC(=O)CCC(NC(=O)C(N)CO)C(=O)NC(CS)C(=O)NCC(=O)O. The Hall–Kier alpha value is -2.38. The Morgan fingerprint density at radius 3 is 2.04 bits per heavy atom. The van der Waals surface area contributed by atoms with Gasteiger partial charge in [0, 0.05) is 12.2 Å². The number of nitrogens with one attached hydrogen (secondary N) is 3. The lowest BCUT2D eigenvalue weighted by molar-refractivity contribution is -0.138. The second-order valence-corrected chi connectivity index (χ2v) is 5.58. The van der Waals surface area contributed by atoms with Crippen molar-refractivity contribution < 1.29 is 34.2 Å². The number of amides is 4. The van der Waals surface area contributed by atoms with E-state index in [1.165, 1.54) is 0 Å². The molecule has 26 heavy (non-hydrogen) atoms. The van der Waals surface area contributed by atoms with Gasteiger partial charge in [-0.3, -0.25) is 24.0 Å². The number of nitrogens with two attached hydrogens (primary N) is 2. The lowest BCUT2D eigenvalue weighted by Gasteiger charge is -2.22. The number of primary amides is 1. The molecule has 3 atom stereocenters. The Morgan fingerprint density at radius 2 is 1.58 bits per heavy atom. The Morgan fingerprint density at radius 1 is 1.00 bits per heavy atom. The lowest BCUT2D eigenvalue weighted by atomic mass is 10.1. The molecule has 0 aromatic heterocycles. The molecule has 0 aliphatic carbocycles. The van der Waals surface area contributed by atoms with E-state index in [0.29, 0.717) is 0 Å². The number of rotatable bonds is 12. The standard InChI is InChI=1S/C13H23N5O7S/c14-6(4-19)11(23)17-7(1-2-9(15)20)13(25)18-8(5-26)12(24)16-3-10(21)22/h6-8,19,26H,1-5,14H2,(H2,15,20)(H,16,24)(H,17,23)(H,18,25)(H,21,22). The molecule has 148 valence electrons. The molecule has 0 spiro atoms. The van der Waals surface area contributed by atoms with E-state index in [1.54, 1.807) is 0 Å². The van der Waals surface area contributed by atoms with Gasteiger partial charge >= 0.3 is 5.97 Å². The zero-order valence-corrected chi connectivity index (χ0v) is 14.7. The zero-order chi connectivity index (χ0) is 20.3. The number of hydrogen-bond acceptors (Lipinski definition) is 8. The summed E-state index contributed by atoms with van der Waals surface area (Å²) in [6.07, 6.45) is -0.398. The van der Waals surface area contributed by atoms with Crippen molar-refractivity contribution in [2.75, 3.05) is 18.9 Å². The first-order valence-corrected chi connectivity index (χ1v) is 8.11. The van der Waals surface area contributed by atoms with Crippen molar-refractivity contribution in [2.24, 2.45) is 11.5 Å². The van der Waals surface area contributed by atoms with Crippen molar-refractivity contribution in [1.29, 1.82) is 0 Å². The summed E-state index contributed by atoms with van der Waals surface area (Å²) in [4.78, 5) is 57.3. The van der Waals surface area contributed by atoms with E-state index in [0.717, 1.165) is 0 Å². The summed E-state index contributed by atoms with van der Waals surface area (Å²) in [5.74, 6) is -4.59. The predicted octanol–water partition coefficient (Wildman–Crippen LogP) is -4.33. The molecule has 13 heteroatoms. The maximum Gasteiger partial charge on any atom is 0.322 e. The number of hydrogen-bond donors (Lipinski definition) is 8. The minimum Gasteiger partial charge on any atom is -0.480 e. The van der Waals surface area contributed by atoms with Crippen LogP contribution in [0.4, 0.5) is 0 Å². The lowest BCUT2D eigenvalue weighted by Crippen LogP contribution is -2.57. The van der Waals surface area contributed by atoms with Gasteiger partial charge in [0.05, 0.1) is 6.61 Å². The predicted molar refractivity (Wildman–Crippen MR) is 91.8 cm³/mol. The molecule has 9 N–H and O–H groups in total. The van der Waals surface area contributed by atoms with Crippen molar-refractivity contribution in [3.63, 3.8) is 0 Å². The maximum absolute atomic E-state index is 12.3. The number of carboxylic acid groups (broad SMARTS) is 1. The van der Waals surface area contributed by atoms with Crippen LogP contribution < -0.4 is 27.4 Å². The van der Waals surface area contributed by atoms with E-state index >= 15 is 0 Å². The number of carboxylic acids is 1. The molecule has 0 aromatic carbocycles. The highest BCUT2D eigenvalue weighted by Gasteiger charge is 2.27. The highest BCUT2D eigenvalue weighted by molar-refractivity contribution is 7.80. The molecule has 0 radical (unpaired) electrons. The highest BCUT2D eigenvalue weighted by Crippen LogP contribution is 2.00. The van der Waals surface area contributed by atoms with E-state index in [2.05, 4.69) is 28.6 Å². The van der Waals surface area contributed by atoms with Crippen molar-refractivity contribution >= 4 is 42.2 Å². The van der Waals surface area contributed by atoms with E-state index in [4.69, 9.17) is 21.7 Å². The molecule has 0 aromatic rings. The third kappa shape index (κ3) is 9.19. The molecular formula is C13H23N5O7S. The van der Waals surface area contributed by atoms with Gasteiger partial charge in [0.25, 0.3) is 0 Å². The number of thiol groups is 1. The van der Waals surface area contributed by atoms with Crippen molar-refractivity contribution in [3.8, 4) is 0 Å². The fourth-order valence-corrected chi connectivity index (χ4v) is 1.93. The summed E-state index contributed by atoms with van der Waals surface area (Å²) in [5, 5.41) is 24.0. The highest BCUT2D eigenvalue weighted by atomic mass is 32.1. The average molecular weight is 393 g/mol. The quantitative estimate of drug-likeness (QED) is 0.151. The van der Waals surface area contributed by atoms with Gasteiger partial charge < -0.3 is 37.6 Å². The van der Waals surface area contributed by atoms with Gasteiger partial charge in [-0.25, -0.2) is 0 Å². The molecule has 0 rings (SSSR count). The second kappa shape index (κ2) is 12.1. The fraction of sp³-hybridized carbons (Fsp3) is 0.615. The largest absolute Gasteiger partial charge is 0.480 e. The maximum atomic E-state index is 12.3. The minimum atomic E-state index is -1.28. The summed E-state index contributed by atoms with van der Waals surface area (Å²) in [6, 6.07) is -3.70. The first-order valence-electron chi connectivity index (χ1n) is 7.48. The van der Waals surface area contributed by atoms with Crippen LogP contribution in [-0.2, 0) is 24.0 Å². The molecule has 4 amide bonds. The molecule has 12 nitrogen and oxygen atoms in total. The first-order chi connectivity index (χ1) is 12.1. The minimum absolute atomic E-state index is 0.149. The summed E-state index contributed by atoms with van der Waals surface area (Å²) >= 11 is 3.91. The molecule has 0 fully saturated rings. The van der Waals surface area contributed by atoms with Gasteiger partial charge in [0.1, 0.15) is 24.7 Å². The topological polar surface area (TPSA) is 214 Å². The number of carbonyl (C=O) groups excluding carboxylic acids is 4. The number of aliphatic hydroxyl groups excluding tert-OH is 1. The Kier molecular flexibility index (Phi) is 10.9. The van der Waals surface area contributed by atoms with E-state index < -0.39 is 60.9 Å². The molecular weight excluding hydrogens is 370 g/mol. The van der Waals surface area contributed by atoms with Crippen LogP contribution >= 0.6 is 12.6 Å². The van der Waals surface area contributed by atoms with Crippen molar-refractivity contribution in [1.82, 2.24) is 16.0 Å². The normalized spacial score (nSPS) is 13.8. The monoisotopic (exact) mass is 393 g/mol. The van der Waals surface area contributed by atoms with Crippen LogP contribution in [0, 0.1) is 0 Å². The van der Waals surface area contributed by atoms with Crippen LogP contribution in [0.3, 0.4) is 0 Å². The van der Waals surface area contributed by atoms with Crippen LogP contribution in [-0.4, -0.2) is 76.8 Å². The first kappa shape index (κ1) is 23.6. The number of aliphatic carboxylic acids is 1. The van der Waals surface area contributed by atoms with Crippen LogP contribution in [0.2, 0.25) is 0 Å². The zero-order valence-electron chi connectivity index (χ0n) is 13.8. The molecule has 0 aliphatic rings. The van der Waals surface area contributed by atoms with E-state index in [9.17, 15) is 24.0 Å². The molecule has 0 aliphatic heterocycles. The third-order valence-corrected chi connectivity index (χ3v) is 3.44. The van der Waals surface area contributed by atoms with Gasteiger partial charge in [-0.2, -0.15) is 12.6 Å². The number of aliphatic hydroxyl groups is 1. The van der Waals surface area contributed by atoms with Crippen molar-refractivity contribution in [2.45, 2.75) is 31.0 Å². The molecule has 3 unspecified atom stereocenters. The summed E-state index contributed by atoms with van der Waals surface area (Å²) in [5.41, 5.74) is 10.4. The molecule has 0 heterocycles. The Labute approximate surface area is 154 Å². The Bertz CT molecular complexity index is 545. The number of carbonyl (C=O) groups is 5. The molecule has 0 saturated carbocycles. The summed E-state index contributed by atoms with van der Waals surface area (Å²) in [6.45, 7) is -1.31. The third-order valence-electron chi connectivity index (χ3n) is 3.08. The van der Waals surface area contributed by atoms with Gasteiger partial charge in [-0.15, -0.1) is 0 Å². The van der Waals surface area contributed by atoms with Gasteiger partial charge in [-0.1, -0.05) is 0 Å². The Balaban J connectivity index is 5.00. The van der Waals surface area contributed by atoms with Crippen LogP contribution in [0.15, 0.2) is 0 Å².